The van der Waals surface area contributed by atoms with Crippen LogP contribution in [0.1, 0.15) is 23.6 Å². The Morgan fingerprint density at radius 2 is 1.89 bits per heavy atom. The maximum absolute atomic E-state index is 12.2. The molecule has 0 unspecified atom stereocenters. The Hall–Kier alpha value is -3.43. The van der Waals surface area contributed by atoms with Crippen molar-refractivity contribution in [2.75, 3.05) is 39.4 Å². The molecule has 0 saturated carbocycles. The molecule has 36 heavy (non-hydrogen) atoms. The Labute approximate surface area is 212 Å². The smallest absolute Gasteiger partial charge is 0.219 e. The first-order valence-corrected chi connectivity index (χ1v) is 12.2. The molecule has 4 rings (SSSR count). The van der Waals surface area contributed by atoms with E-state index in [0.717, 1.165) is 16.9 Å². The van der Waals surface area contributed by atoms with E-state index >= 15 is 0 Å². The van der Waals surface area contributed by atoms with Gasteiger partial charge in [0.2, 0.25) is 5.91 Å². The number of aliphatic hydroxyl groups is 1. The third kappa shape index (κ3) is 7.05. The summed E-state index contributed by atoms with van der Waals surface area (Å²) in [5.74, 6) is 1.44. The zero-order valence-corrected chi connectivity index (χ0v) is 21.3. The Morgan fingerprint density at radius 3 is 2.64 bits per heavy atom. The Bertz CT molecular complexity index is 1150. The lowest BCUT2D eigenvalue weighted by molar-refractivity contribution is -0.132. The van der Waals surface area contributed by atoms with Gasteiger partial charge in [0.15, 0.2) is 0 Å². The number of hydrogen-bond acceptors (Lipinski definition) is 7. The molecule has 1 atom stereocenters. The van der Waals surface area contributed by atoms with Gasteiger partial charge in [0.1, 0.15) is 43.0 Å². The number of β-amino-alcohol motifs (C(OH)–C–C–N with tert-alkyl or cyclic N) is 1. The number of nitrogens with zero attached hydrogens (tertiary/aromatic N) is 5. The number of carbonyl (C=O) groups is 1. The van der Waals surface area contributed by atoms with Gasteiger partial charge in [-0.25, -0.2) is 9.67 Å². The van der Waals surface area contributed by atoms with Crippen LogP contribution < -0.4 is 9.47 Å². The van der Waals surface area contributed by atoms with E-state index in [1.54, 1.807) is 22.8 Å². The SMILES string of the molecule is CC(=O)N1CCN(Cc2cccc(OCCn3cncn3)c2)C[C@@](O)(COc2ccc(C)c(C)c2)C1. The van der Waals surface area contributed by atoms with Crippen LogP contribution in [0.15, 0.2) is 55.1 Å². The van der Waals surface area contributed by atoms with Gasteiger partial charge in [-0.15, -0.1) is 0 Å². The molecule has 1 N–H and O–H groups in total. The summed E-state index contributed by atoms with van der Waals surface area (Å²) >= 11 is 0. The molecule has 9 nitrogen and oxygen atoms in total. The van der Waals surface area contributed by atoms with Crippen molar-refractivity contribution in [1.29, 1.82) is 0 Å². The maximum atomic E-state index is 12.2. The van der Waals surface area contributed by atoms with Crippen LogP contribution in [0, 0.1) is 13.8 Å². The van der Waals surface area contributed by atoms with Crippen LogP contribution in [0.25, 0.3) is 0 Å². The fourth-order valence-electron chi connectivity index (χ4n) is 4.36. The molecule has 3 aromatic rings. The molecule has 9 heteroatoms. The molecule has 1 fully saturated rings. The zero-order chi connectivity index (χ0) is 25.5. The largest absolute Gasteiger partial charge is 0.492 e. The molecule has 1 aromatic heterocycles. The Morgan fingerprint density at radius 1 is 1.06 bits per heavy atom. The van der Waals surface area contributed by atoms with E-state index in [4.69, 9.17) is 9.47 Å². The van der Waals surface area contributed by atoms with Gasteiger partial charge >= 0.3 is 0 Å². The quantitative estimate of drug-likeness (QED) is 0.489. The standard InChI is InChI=1S/C27H35N5O4/c1-21-7-8-26(13-22(21)2)36-18-27(34)16-30(9-10-31(17-27)23(3)33)15-24-5-4-6-25(14-24)35-12-11-32-20-28-19-29-32/h4-8,13-14,19-20,34H,9-12,15-18H2,1-3H3/t27-/m0/s1. The second-order valence-electron chi connectivity index (χ2n) is 9.56. The van der Waals surface area contributed by atoms with Gasteiger partial charge in [-0.1, -0.05) is 18.2 Å². The summed E-state index contributed by atoms with van der Waals surface area (Å²) in [5.41, 5.74) is 2.19. The molecule has 0 radical (unpaired) electrons. The number of ether oxygens (including phenoxy) is 2. The van der Waals surface area contributed by atoms with Gasteiger partial charge in [0.05, 0.1) is 13.1 Å². The third-order valence-electron chi connectivity index (χ3n) is 6.48. The van der Waals surface area contributed by atoms with Crippen LogP contribution in [0.2, 0.25) is 0 Å². The predicted octanol–water partition coefficient (Wildman–Crippen LogP) is 2.45. The molecule has 0 bridgehead atoms. The number of carbonyl (C=O) groups excluding carboxylic acids is 1. The predicted molar refractivity (Wildman–Crippen MR) is 136 cm³/mol. The number of rotatable bonds is 9. The number of hydrogen-bond donors (Lipinski definition) is 1. The van der Waals surface area contributed by atoms with Crippen molar-refractivity contribution in [3.63, 3.8) is 0 Å². The molecule has 1 aliphatic heterocycles. The zero-order valence-electron chi connectivity index (χ0n) is 21.3. The first-order chi connectivity index (χ1) is 17.3. The molecule has 0 spiro atoms. The van der Waals surface area contributed by atoms with Gasteiger partial charge < -0.3 is 19.5 Å². The molecule has 1 saturated heterocycles. The molecular formula is C27H35N5O4. The van der Waals surface area contributed by atoms with Gasteiger partial charge in [-0.05, 0) is 54.8 Å². The highest BCUT2D eigenvalue weighted by atomic mass is 16.5. The van der Waals surface area contributed by atoms with Gasteiger partial charge in [0, 0.05) is 33.1 Å². The lowest BCUT2D eigenvalue weighted by Crippen LogP contribution is -2.51. The summed E-state index contributed by atoms with van der Waals surface area (Å²) in [7, 11) is 0. The highest BCUT2D eigenvalue weighted by molar-refractivity contribution is 5.73. The summed E-state index contributed by atoms with van der Waals surface area (Å²) < 4.78 is 13.6. The molecule has 2 heterocycles. The first kappa shape index (κ1) is 25.7. The highest BCUT2D eigenvalue weighted by Gasteiger charge is 2.37. The first-order valence-electron chi connectivity index (χ1n) is 12.2. The van der Waals surface area contributed by atoms with Crippen molar-refractivity contribution in [3.05, 3.63) is 71.8 Å². The fraction of sp³-hybridized carbons (Fsp3) is 0.444. The Kier molecular flexibility index (Phi) is 8.22. The van der Waals surface area contributed by atoms with Gasteiger partial charge in [-0.3, -0.25) is 9.69 Å². The van der Waals surface area contributed by atoms with Crippen molar-refractivity contribution in [2.45, 2.75) is 39.5 Å². The lowest BCUT2D eigenvalue weighted by Gasteiger charge is -2.32. The van der Waals surface area contributed by atoms with E-state index in [9.17, 15) is 9.90 Å². The van der Waals surface area contributed by atoms with Crippen molar-refractivity contribution >= 4 is 5.91 Å². The fourth-order valence-corrected chi connectivity index (χ4v) is 4.36. The second kappa shape index (κ2) is 11.5. The average Bonchev–Trinajstić information content (AvgIpc) is 3.30. The van der Waals surface area contributed by atoms with E-state index in [1.807, 2.05) is 49.4 Å². The van der Waals surface area contributed by atoms with Crippen molar-refractivity contribution in [1.82, 2.24) is 24.6 Å². The lowest BCUT2D eigenvalue weighted by atomic mass is 10.0. The van der Waals surface area contributed by atoms with Crippen LogP contribution in [0.3, 0.4) is 0 Å². The summed E-state index contributed by atoms with van der Waals surface area (Å²) in [4.78, 5) is 20.0. The van der Waals surface area contributed by atoms with E-state index in [0.29, 0.717) is 45.1 Å². The molecule has 1 aliphatic rings. The minimum Gasteiger partial charge on any atom is -0.492 e. The minimum absolute atomic E-state index is 0.0516. The summed E-state index contributed by atoms with van der Waals surface area (Å²) in [6.07, 6.45) is 3.16. The molecule has 192 valence electrons. The average molecular weight is 494 g/mol. The highest BCUT2D eigenvalue weighted by Crippen LogP contribution is 2.22. The van der Waals surface area contributed by atoms with E-state index in [2.05, 4.69) is 21.9 Å². The number of benzene rings is 2. The van der Waals surface area contributed by atoms with Crippen molar-refractivity contribution in [2.24, 2.45) is 0 Å². The van der Waals surface area contributed by atoms with Crippen molar-refractivity contribution < 1.29 is 19.4 Å². The molecular weight excluding hydrogens is 458 g/mol. The summed E-state index contributed by atoms with van der Waals surface area (Å²) in [6.45, 7) is 9.28. The topological polar surface area (TPSA) is 93.0 Å². The normalized spacial score (nSPS) is 18.6. The minimum atomic E-state index is -1.20. The summed E-state index contributed by atoms with van der Waals surface area (Å²) in [5, 5.41) is 15.6. The third-order valence-corrected chi connectivity index (χ3v) is 6.48. The summed E-state index contributed by atoms with van der Waals surface area (Å²) in [6, 6.07) is 13.9. The van der Waals surface area contributed by atoms with Gasteiger partial charge in [-0.2, -0.15) is 5.10 Å². The van der Waals surface area contributed by atoms with E-state index in [1.165, 1.54) is 11.9 Å². The molecule has 2 aromatic carbocycles. The van der Waals surface area contributed by atoms with Crippen LogP contribution >= 0.6 is 0 Å². The van der Waals surface area contributed by atoms with Crippen LogP contribution in [0.5, 0.6) is 11.5 Å². The number of aromatic nitrogens is 3. The van der Waals surface area contributed by atoms with Gasteiger partial charge in [0.25, 0.3) is 0 Å². The van der Waals surface area contributed by atoms with Crippen molar-refractivity contribution in [3.8, 4) is 11.5 Å². The Balaban J connectivity index is 1.40. The van der Waals surface area contributed by atoms with Crippen LogP contribution in [-0.2, 0) is 17.9 Å². The molecule has 0 aliphatic carbocycles. The van der Waals surface area contributed by atoms with E-state index in [-0.39, 0.29) is 19.1 Å². The monoisotopic (exact) mass is 493 g/mol. The second-order valence-corrected chi connectivity index (χ2v) is 9.56. The maximum Gasteiger partial charge on any atom is 0.219 e. The number of aryl methyl sites for hydroxylation is 2. The van der Waals surface area contributed by atoms with Crippen LogP contribution in [0.4, 0.5) is 0 Å². The molecule has 1 amide bonds. The van der Waals surface area contributed by atoms with Crippen LogP contribution in [-0.4, -0.2) is 80.6 Å². The number of amides is 1. The van der Waals surface area contributed by atoms with E-state index < -0.39 is 5.60 Å².